The highest BCUT2D eigenvalue weighted by Gasteiger charge is 2.40. The molecule has 1 N–H and O–H groups in total. The zero-order chi connectivity index (χ0) is 51.8. The molecule has 0 aromatic heterocycles. The monoisotopic (exact) mass is 982 g/mol. The predicted octanol–water partition coefficient (Wildman–Crippen LogP) is 15.3. The summed E-state index contributed by atoms with van der Waals surface area (Å²) < 4.78 is 0. The lowest BCUT2D eigenvalue weighted by Gasteiger charge is -2.21. The van der Waals surface area contributed by atoms with Crippen molar-refractivity contribution in [2.75, 3.05) is 6.54 Å². The summed E-state index contributed by atoms with van der Waals surface area (Å²) in [6, 6.07) is 37.5. The summed E-state index contributed by atoms with van der Waals surface area (Å²) in [4.78, 5) is 64.6. The molecule has 4 aromatic rings. The van der Waals surface area contributed by atoms with Crippen LogP contribution < -0.4 is 5.32 Å². The van der Waals surface area contributed by atoms with Crippen LogP contribution in [0, 0.1) is 17.8 Å². The number of Topliss-reactive ketones (excluding diaryl/α,β-unsaturated/α-hetero) is 5. The molecular weight excluding hydrogens is 903 g/mol. The molecule has 2 aliphatic rings. The second kappa shape index (κ2) is 27.6. The smallest absolute Gasteiger partial charge is 0.172 e. The van der Waals surface area contributed by atoms with E-state index in [1.54, 1.807) is 0 Å². The minimum absolute atomic E-state index is 0.00433. The maximum Gasteiger partial charge on any atom is 0.172 e. The fraction of sp³-hybridized carbons (Fsp3) is 0.435. The summed E-state index contributed by atoms with van der Waals surface area (Å²) >= 11 is 2.98. The summed E-state index contributed by atoms with van der Waals surface area (Å²) in [5, 5.41) is 4.06. The molecule has 70 heavy (non-hydrogen) atoms. The van der Waals surface area contributed by atoms with Gasteiger partial charge >= 0.3 is 0 Å². The number of rotatable bonds is 19. The van der Waals surface area contributed by atoms with Crippen molar-refractivity contribution in [2.45, 2.75) is 151 Å². The van der Waals surface area contributed by atoms with E-state index in [2.05, 4.69) is 121 Å². The molecule has 4 aromatic carbocycles. The molecule has 0 radical (unpaired) electrons. The Kier molecular flexibility index (Phi) is 22.8. The average molecular weight is 982 g/mol. The van der Waals surface area contributed by atoms with Crippen LogP contribution >= 0.6 is 23.5 Å². The van der Waals surface area contributed by atoms with Gasteiger partial charge in [-0.15, -0.1) is 23.5 Å². The second-order valence-electron chi connectivity index (χ2n) is 20.2. The number of allylic oxidation sites excluding steroid dienone is 5. The van der Waals surface area contributed by atoms with Gasteiger partial charge in [0.2, 0.25) is 0 Å². The molecule has 0 fully saturated rings. The molecule has 0 bridgehead atoms. The van der Waals surface area contributed by atoms with Crippen molar-refractivity contribution in [2.24, 2.45) is 17.8 Å². The predicted molar refractivity (Wildman–Crippen MR) is 300 cm³/mol. The number of carbonyl (C=O) groups excluding carboxylic acids is 5. The highest BCUT2D eigenvalue weighted by atomic mass is 32.2. The first kappa shape index (κ1) is 57.7. The normalized spacial score (nSPS) is 17.0. The Balaban J connectivity index is 0.000000229. The Morgan fingerprint density at radius 2 is 0.957 bits per heavy atom. The number of hydrogen-bond donors (Lipinski definition) is 1. The van der Waals surface area contributed by atoms with Crippen molar-refractivity contribution in [1.29, 1.82) is 0 Å². The van der Waals surface area contributed by atoms with Crippen LogP contribution in [0.1, 0.15) is 168 Å². The molecule has 0 saturated heterocycles. The summed E-state index contributed by atoms with van der Waals surface area (Å²) in [6.07, 6.45) is 3.16. The molecular formula is C62H79NO5S2. The molecule has 6 nitrogen and oxygen atoms in total. The number of carbonyl (C=O) groups is 5. The molecule has 0 heterocycles. The Hall–Kier alpha value is -4.89. The first-order valence-electron chi connectivity index (χ1n) is 25.4. The number of ketones is 5. The van der Waals surface area contributed by atoms with Gasteiger partial charge in [0.15, 0.2) is 23.1 Å². The summed E-state index contributed by atoms with van der Waals surface area (Å²) in [7, 11) is 0. The highest BCUT2D eigenvalue weighted by Crippen LogP contribution is 2.47. The van der Waals surface area contributed by atoms with Gasteiger partial charge in [0.05, 0.1) is 15.7 Å². The topological polar surface area (TPSA) is 97.4 Å². The molecule has 374 valence electrons. The molecule has 0 saturated carbocycles. The van der Waals surface area contributed by atoms with Gasteiger partial charge in [-0.2, -0.15) is 0 Å². The lowest BCUT2D eigenvalue weighted by Crippen LogP contribution is -2.25. The van der Waals surface area contributed by atoms with Gasteiger partial charge in [0.25, 0.3) is 0 Å². The van der Waals surface area contributed by atoms with Crippen molar-refractivity contribution in [3.8, 4) is 0 Å². The van der Waals surface area contributed by atoms with Crippen LogP contribution in [-0.4, -0.2) is 52.0 Å². The molecule has 0 aliphatic heterocycles. The zero-order valence-corrected chi connectivity index (χ0v) is 46.0. The van der Waals surface area contributed by atoms with E-state index in [0.29, 0.717) is 32.9 Å². The van der Waals surface area contributed by atoms with Gasteiger partial charge in [-0.1, -0.05) is 212 Å². The van der Waals surface area contributed by atoms with Gasteiger partial charge in [-0.25, -0.2) is 0 Å². The maximum absolute atomic E-state index is 13.2. The van der Waals surface area contributed by atoms with E-state index in [-0.39, 0.29) is 63.6 Å². The van der Waals surface area contributed by atoms with Crippen LogP contribution in [0.15, 0.2) is 119 Å². The summed E-state index contributed by atoms with van der Waals surface area (Å²) in [5.74, 6) is -0.234. The standard InChI is InChI=1S/C21H27N.C21H28O2S.C20H24O3S/c1-16(2)21(19-13-9-6-10-14-19)20(15-22-17(3)4)18-11-7-5-8-12-18;1-6-7-10-17-15-11-8-9-12-16(15)18(20(17)23)21(24-14(4)5)19(22)13(2)3;1-11(2)18(22)20(24-12(3)4)17-15-9-7-6-8-14(15)16(19(17)23)10-13(5)21/h5-14,16-17,22H,15H2,1-4H3;8-9,11-14,17H,6-7,10H2,1-5H3;6-9,11-12,16H,10H2,1-5H3/b21-20-;21-18-;20-17-. The van der Waals surface area contributed by atoms with Crippen molar-refractivity contribution in [3.63, 3.8) is 0 Å². The van der Waals surface area contributed by atoms with Crippen LogP contribution in [0.5, 0.6) is 0 Å². The van der Waals surface area contributed by atoms with Crippen molar-refractivity contribution >= 4 is 74.7 Å². The van der Waals surface area contributed by atoms with Crippen molar-refractivity contribution in [3.05, 3.63) is 152 Å². The van der Waals surface area contributed by atoms with Crippen LogP contribution in [0.3, 0.4) is 0 Å². The molecule has 2 atom stereocenters. The first-order chi connectivity index (χ1) is 33.2. The highest BCUT2D eigenvalue weighted by molar-refractivity contribution is 8.05. The minimum Gasteiger partial charge on any atom is -0.310 e. The third-order valence-electron chi connectivity index (χ3n) is 12.1. The molecule has 6 rings (SSSR count). The molecule has 0 amide bonds. The third kappa shape index (κ3) is 15.3. The Morgan fingerprint density at radius 3 is 1.36 bits per heavy atom. The molecule has 2 unspecified atom stereocenters. The lowest BCUT2D eigenvalue weighted by molar-refractivity contribution is -0.121. The number of thioether (sulfide) groups is 2. The summed E-state index contributed by atoms with van der Waals surface area (Å²) in [6.45, 7) is 29.2. The van der Waals surface area contributed by atoms with E-state index in [0.717, 1.165) is 48.1 Å². The van der Waals surface area contributed by atoms with E-state index < -0.39 is 5.92 Å². The van der Waals surface area contributed by atoms with E-state index in [1.807, 2.05) is 84.0 Å². The molecule has 8 heteroatoms. The molecule has 2 aliphatic carbocycles. The van der Waals surface area contributed by atoms with E-state index >= 15 is 0 Å². The lowest BCUT2D eigenvalue weighted by atomic mass is 9.87. The third-order valence-corrected chi connectivity index (χ3v) is 14.4. The number of unbranched alkanes of at least 4 members (excludes halogenated alkanes) is 1. The zero-order valence-electron chi connectivity index (χ0n) is 44.4. The number of nitrogens with one attached hydrogen (secondary N) is 1. The Labute approximate surface area is 429 Å². The van der Waals surface area contributed by atoms with Gasteiger partial charge in [-0.05, 0) is 63.8 Å². The SMILES string of the molecule is CC(=O)CC1C(=O)/C(=C(\SC(C)C)C(=O)C(C)C)c2ccccc21.CC(C)NC/C(=C(/c1ccccc1)C(C)C)c1ccccc1.CCCCC1C(=O)/C(=C(\SC(C)C)C(=O)C(C)C)c2ccccc21. The number of fused-ring (bicyclic) bond motifs is 2. The molecule has 0 spiro atoms. The van der Waals surface area contributed by atoms with Crippen LogP contribution in [0.4, 0.5) is 0 Å². The minimum atomic E-state index is -0.462. The Bertz CT molecular complexity index is 2530. The summed E-state index contributed by atoms with van der Waals surface area (Å²) in [5.41, 5.74) is 10.4. The number of benzene rings is 4. The van der Waals surface area contributed by atoms with Crippen LogP contribution in [0.2, 0.25) is 0 Å². The van der Waals surface area contributed by atoms with E-state index in [1.165, 1.54) is 52.7 Å². The number of hydrogen-bond acceptors (Lipinski definition) is 8. The Morgan fingerprint density at radius 1 is 0.543 bits per heavy atom. The van der Waals surface area contributed by atoms with Crippen LogP contribution in [-0.2, 0) is 24.0 Å². The largest absolute Gasteiger partial charge is 0.310 e. The van der Waals surface area contributed by atoms with Gasteiger partial charge in [0, 0.05) is 58.4 Å². The van der Waals surface area contributed by atoms with E-state index in [9.17, 15) is 24.0 Å². The first-order valence-corrected chi connectivity index (χ1v) is 27.2. The van der Waals surface area contributed by atoms with Crippen LogP contribution in [0.25, 0.3) is 22.3 Å². The maximum atomic E-state index is 13.2. The second-order valence-corrected chi connectivity index (χ2v) is 23.3. The van der Waals surface area contributed by atoms with Crippen molar-refractivity contribution < 1.29 is 24.0 Å². The van der Waals surface area contributed by atoms with Gasteiger partial charge in [-0.3, -0.25) is 24.0 Å². The quantitative estimate of drug-likeness (QED) is 0.0733. The van der Waals surface area contributed by atoms with Gasteiger partial charge < -0.3 is 5.32 Å². The van der Waals surface area contributed by atoms with Gasteiger partial charge in [0.1, 0.15) is 5.78 Å². The fourth-order valence-electron chi connectivity index (χ4n) is 8.86. The average Bonchev–Trinajstić information content (AvgIpc) is 3.75. The fourth-order valence-corrected chi connectivity index (χ4v) is 11.2. The van der Waals surface area contributed by atoms with Crippen molar-refractivity contribution in [1.82, 2.24) is 5.32 Å². The van der Waals surface area contributed by atoms with E-state index in [4.69, 9.17) is 0 Å².